The van der Waals surface area contributed by atoms with E-state index in [9.17, 15) is 0 Å². The van der Waals surface area contributed by atoms with Crippen LogP contribution in [0.25, 0.3) is 6.08 Å². The van der Waals surface area contributed by atoms with Crippen LogP contribution in [0.15, 0.2) is 146 Å². The van der Waals surface area contributed by atoms with E-state index in [-0.39, 0.29) is 0 Å². The molecule has 2 N–H and O–H groups in total. The third-order valence-electron chi connectivity index (χ3n) is 6.01. The fourth-order valence-electron chi connectivity index (χ4n) is 4.32. The van der Waals surface area contributed by atoms with Crippen LogP contribution in [0.2, 0.25) is 0 Å². The molecule has 0 radical (unpaired) electrons. The molecule has 0 unspecified atom stereocenters. The van der Waals surface area contributed by atoms with E-state index in [4.69, 9.17) is 5.73 Å². The van der Waals surface area contributed by atoms with Crippen LogP contribution in [0.1, 0.15) is 5.56 Å². The average molecular weight is 468 g/mol. The maximum atomic E-state index is 5.62. The lowest BCUT2D eigenvalue weighted by atomic mass is 10.1. The Morgan fingerprint density at radius 3 is 1.06 bits per heavy atom. The van der Waals surface area contributed by atoms with Gasteiger partial charge >= 0.3 is 0 Å². The van der Waals surface area contributed by atoms with Gasteiger partial charge in [0.1, 0.15) is 0 Å². The summed E-state index contributed by atoms with van der Waals surface area (Å²) in [4.78, 5) is 4.55. The SMILES string of the molecule is NC/C=C/c1ccc(N(c2ccccc2)c2ccc(N(c3ccccc3)c3ccccc3)cc2)cc1. The van der Waals surface area contributed by atoms with Crippen molar-refractivity contribution in [1.82, 2.24) is 0 Å². The van der Waals surface area contributed by atoms with Crippen LogP contribution in [0.3, 0.4) is 0 Å². The molecule has 36 heavy (non-hydrogen) atoms. The van der Waals surface area contributed by atoms with Gasteiger partial charge in [-0.25, -0.2) is 0 Å². The van der Waals surface area contributed by atoms with Gasteiger partial charge in [0.05, 0.1) is 0 Å². The van der Waals surface area contributed by atoms with Crippen molar-refractivity contribution in [2.45, 2.75) is 0 Å². The molecular formula is C33H29N3. The van der Waals surface area contributed by atoms with Gasteiger partial charge in [-0.3, -0.25) is 0 Å². The zero-order valence-corrected chi connectivity index (χ0v) is 20.1. The van der Waals surface area contributed by atoms with Crippen LogP contribution < -0.4 is 15.5 Å². The van der Waals surface area contributed by atoms with Gasteiger partial charge in [0, 0.05) is 40.7 Å². The Morgan fingerprint density at radius 2 is 0.722 bits per heavy atom. The Bertz CT molecular complexity index is 1340. The molecule has 0 aliphatic rings. The molecule has 3 heteroatoms. The zero-order chi connectivity index (χ0) is 24.6. The Kier molecular flexibility index (Phi) is 7.22. The van der Waals surface area contributed by atoms with Crippen LogP contribution in [-0.4, -0.2) is 6.54 Å². The summed E-state index contributed by atoms with van der Waals surface area (Å²) in [5.41, 5.74) is 13.4. The molecule has 0 aromatic heterocycles. The van der Waals surface area contributed by atoms with Crippen molar-refractivity contribution < 1.29 is 0 Å². The molecule has 5 rings (SSSR count). The minimum Gasteiger partial charge on any atom is -0.327 e. The minimum absolute atomic E-state index is 0.535. The van der Waals surface area contributed by atoms with Gasteiger partial charge in [-0.2, -0.15) is 0 Å². The highest BCUT2D eigenvalue weighted by Crippen LogP contribution is 2.38. The molecule has 0 saturated heterocycles. The van der Waals surface area contributed by atoms with Gasteiger partial charge in [-0.1, -0.05) is 78.9 Å². The molecule has 0 bridgehead atoms. The Morgan fingerprint density at radius 1 is 0.417 bits per heavy atom. The van der Waals surface area contributed by atoms with E-state index in [1.165, 1.54) is 0 Å². The third-order valence-corrected chi connectivity index (χ3v) is 6.01. The molecule has 176 valence electrons. The molecule has 5 aromatic rings. The van der Waals surface area contributed by atoms with E-state index >= 15 is 0 Å². The smallest absolute Gasteiger partial charge is 0.0463 e. The van der Waals surface area contributed by atoms with Crippen molar-refractivity contribution in [3.8, 4) is 0 Å². The largest absolute Gasteiger partial charge is 0.327 e. The van der Waals surface area contributed by atoms with Gasteiger partial charge in [-0.15, -0.1) is 0 Å². The molecule has 0 aliphatic heterocycles. The summed E-state index contributed by atoms with van der Waals surface area (Å²) in [6, 6.07) is 48.7. The van der Waals surface area contributed by atoms with E-state index in [0.717, 1.165) is 39.7 Å². The Balaban J connectivity index is 1.53. The number of hydrogen-bond donors (Lipinski definition) is 1. The first-order valence-electron chi connectivity index (χ1n) is 12.2. The molecule has 0 fully saturated rings. The van der Waals surface area contributed by atoms with E-state index in [0.29, 0.717) is 6.54 Å². The number of anilines is 6. The molecular weight excluding hydrogens is 438 g/mol. The lowest BCUT2D eigenvalue weighted by molar-refractivity contribution is 1.25. The normalized spacial score (nSPS) is 10.9. The summed E-state index contributed by atoms with van der Waals surface area (Å²) < 4.78 is 0. The summed E-state index contributed by atoms with van der Waals surface area (Å²) in [6.45, 7) is 0.535. The van der Waals surface area contributed by atoms with Crippen molar-refractivity contribution in [3.63, 3.8) is 0 Å². The number of rotatable bonds is 8. The molecule has 0 heterocycles. The number of benzene rings is 5. The highest BCUT2D eigenvalue weighted by molar-refractivity contribution is 5.81. The summed E-state index contributed by atoms with van der Waals surface area (Å²) in [5.74, 6) is 0. The number of nitrogens with two attached hydrogens (primary N) is 1. The lowest BCUT2D eigenvalue weighted by Gasteiger charge is -2.28. The van der Waals surface area contributed by atoms with Crippen LogP contribution in [0.4, 0.5) is 34.1 Å². The second-order valence-corrected chi connectivity index (χ2v) is 8.42. The predicted molar refractivity (Wildman–Crippen MR) is 154 cm³/mol. The maximum absolute atomic E-state index is 5.62. The molecule has 0 saturated carbocycles. The number of hydrogen-bond acceptors (Lipinski definition) is 3. The highest BCUT2D eigenvalue weighted by atomic mass is 15.2. The van der Waals surface area contributed by atoms with Gasteiger partial charge in [0.15, 0.2) is 0 Å². The molecule has 0 aliphatic carbocycles. The Hall–Kier alpha value is -4.60. The molecule has 0 spiro atoms. The third kappa shape index (κ3) is 5.22. The zero-order valence-electron chi connectivity index (χ0n) is 20.1. The number of para-hydroxylation sites is 3. The van der Waals surface area contributed by atoms with E-state index < -0.39 is 0 Å². The quantitative estimate of drug-likeness (QED) is 0.248. The monoisotopic (exact) mass is 467 g/mol. The van der Waals surface area contributed by atoms with Crippen molar-refractivity contribution in [2.75, 3.05) is 16.3 Å². The number of nitrogens with zero attached hydrogens (tertiary/aromatic N) is 2. The summed E-state index contributed by atoms with van der Waals surface area (Å²) in [5, 5.41) is 0. The highest BCUT2D eigenvalue weighted by Gasteiger charge is 2.15. The average Bonchev–Trinajstić information content (AvgIpc) is 2.95. The molecule has 0 amide bonds. The second kappa shape index (κ2) is 11.2. The van der Waals surface area contributed by atoms with Gasteiger partial charge in [-0.05, 0) is 78.4 Å². The van der Waals surface area contributed by atoms with Crippen molar-refractivity contribution in [1.29, 1.82) is 0 Å². The van der Waals surface area contributed by atoms with E-state index in [2.05, 4.69) is 131 Å². The summed E-state index contributed by atoms with van der Waals surface area (Å²) in [6.07, 6.45) is 4.01. The summed E-state index contributed by atoms with van der Waals surface area (Å²) >= 11 is 0. The first-order valence-corrected chi connectivity index (χ1v) is 12.2. The molecule has 0 atom stereocenters. The minimum atomic E-state index is 0.535. The molecule has 3 nitrogen and oxygen atoms in total. The van der Waals surface area contributed by atoms with Gasteiger partial charge in [0.25, 0.3) is 0 Å². The van der Waals surface area contributed by atoms with E-state index in [1.807, 2.05) is 30.4 Å². The lowest BCUT2D eigenvalue weighted by Crippen LogP contribution is -2.12. The van der Waals surface area contributed by atoms with Gasteiger partial charge in [0.2, 0.25) is 0 Å². The second-order valence-electron chi connectivity index (χ2n) is 8.42. The first kappa shape index (κ1) is 23.2. The van der Waals surface area contributed by atoms with Crippen molar-refractivity contribution in [2.24, 2.45) is 5.73 Å². The Labute approximate surface area is 213 Å². The van der Waals surface area contributed by atoms with Crippen LogP contribution >= 0.6 is 0 Å². The van der Waals surface area contributed by atoms with Crippen molar-refractivity contribution >= 4 is 40.2 Å². The van der Waals surface area contributed by atoms with Gasteiger partial charge < -0.3 is 15.5 Å². The van der Waals surface area contributed by atoms with Crippen LogP contribution in [-0.2, 0) is 0 Å². The maximum Gasteiger partial charge on any atom is 0.0463 e. The van der Waals surface area contributed by atoms with Crippen LogP contribution in [0.5, 0.6) is 0 Å². The molecule has 5 aromatic carbocycles. The fraction of sp³-hybridized carbons (Fsp3) is 0.0303. The first-order chi connectivity index (χ1) is 17.8. The topological polar surface area (TPSA) is 32.5 Å². The van der Waals surface area contributed by atoms with Crippen LogP contribution in [0, 0.1) is 0 Å². The summed E-state index contributed by atoms with van der Waals surface area (Å²) in [7, 11) is 0. The fourth-order valence-corrected chi connectivity index (χ4v) is 4.32. The standard InChI is InChI=1S/C33H29N3/c34-26-10-11-27-18-20-31(21-19-27)36(30-16-8-3-9-17-30)33-24-22-32(23-25-33)35(28-12-4-1-5-13-28)29-14-6-2-7-15-29/h1-25H,26,34H2/b11-10+. The predicted octanol–water partition coefficient (Wildman–Crippen LogP) is 8.60. The van der Waals surface area contributed by atoms with E-state index in [1.54, 1.807) is 0 Å². The van der Waals surface area contributed by atoms with Crippen molar-refractivity contribution in [3.05, 3.63) is 151 Å².